The van der Waals surface area contributed by atoms with E-state index in [4.69, 9.17) is 15.9 Å². The van der Waals surface area contributed by atoms with E-state index in [9.17, 15) is 4.79 Å². The van der Waals surface area contributed by atoms with Crippen molar-refractivity contribution in [3.8, 4) is 0 Å². The first-order valence-electron chi connectivity index (χ1n) is 5.22. The standard InChI is InChI=1S/C11H16N4O2/c12-6-7-14-10(13)15-11(16)17-8-9-4-2-1-3-5-9/h1-5H,6-8,12H2,(H3,13,14,15,16). The Balaban J connectivity index is 2.24. The van der Waals surface area contributed by atoms with E-state index in [-0.39, 0.29) is 12.6 Å². The van der Waals surface area contributed by atoms with Crippen LogP contribution in [-0.2, 0) is 11.3 Å². The molecule has 0 aliphatic heterocycles. The normalized spacial score (nSPS) is 9.47. The fourth-order valence-electron chi connectivity index (χ4n) is 1.10. The molecule has 0 aliphatic rings. The van der Waals surface area contributed by atoms with Crippen LogP contribution in [0.15, 0.2) is 30.3 Å². The largest absolute Gasteiger partial charge is 0.444 e. The van der Waals surface area contributed by atoms with Crippen molar-refractivity contribution in [2.24, 2.45) is 5.73 Å². The molecule has 1 aromatic carbocycles. The Bertz CT molecular complexity index is 367. The van der Waals surface area contributed by atoms with Crippen molar-refractivity contribution in [3.05, 3.63) is 35.9 Å². The van der Waals surface area contributed by atoms with E-state index in [0.29, 0.717) is 13.1 Å². The monoisotopic (exact) mass is 236 g/mol. The lowest BCUT2D eigenvalue weighted by Gasteiger charge is -2.09. The number of hydrogen-bond acceptors (Lipinski definition) is 4. The number of rotatable bonds is 4. The number of nitrogens with one attached hydrogen (secondary N) is 3. The first kappa shape index (κ1) is 13.0. The molecule has 0 unspecified atom stereocenters. The van der Waals surface area contributed by atoms with E-state index in [1.54, 1.807) is 0 Å². The van der Waals surface area contributed by atoms with Crippen LogP contribution >= 0.6 is 0 Å². The van der Waals surface area contributed by atoms with Gasteiger partial charge in [-0.25, -0.2) is 4.79 Å². The summed E-state index contributed by atoms with van der Waals surface area (Å²) in [7, 11) is 0. The fourth-order valence-corrected chi connectivity index (χ4v) is 1.10. The third-order valence-electron chi connectivity index (χ3n) is 1.89. The molecule has 1 aromatic rings. The smallest absolute Gasteiger partial charge is 0.414 e. The molecule has 0 bridgehead atoms. The van der Waals surface area contributed by atoms with E-state index >= 15 is 0 Å². The van der Waals surface area contributed by atoms with Gasteiger partial charge in [-0.3, -0.25) is 10.7 Å². The molecule has 17 heavy (non-hydrogen) atoms. The van der Waals surface area contributed by atoms with E-state index in [1.165, 1.54) is 0 Å². The van der Waals surface area contributed by atoms with Crippen molar-refractivity contribution in [1.82, 2.24) is 10.6 Å². The minimum Gasteiger partial charge on any atom is -0.444 e. The minimum atomic E-state index is -0.664. The van der Waals surface area contributed by atoms with Gasteiger partial charge in [-0.15, -0.1) is 0 Å². The Morgan fingerprint density at radius 3 is 2.71 bits per heavy atom. The molecule has 0 fully saturated rings. The van der Waals surface area contributed by atoms with Gasteiger partial charge in [0.25, 0.3) is 0 Å². The van der Waals surface area contributed by atoms with Crippen LogP contribution in [0.5, 0.6) is 0 Å². The van der Waals surface area contributed by atoms with Gasteiger partial charge in [0.05, 0.1) is 0 Å². The number of benzene rings is 1. The molecular formula is C11H16N4O2. The molecule has 0 atom stereocenters. The van der Waals surface area contributed by atoms with Crippen LogP contribution in [-0.4, -0.2) is 25.1 Å². The second-order valence-electron chi connectivity index (χ2n) is 3.28. The minimum absolute atomic E-state index is 0.117. The van der Waals surface area contributed by atoms with E-state index in [0.717, 1.165) is 5.56 Å². The number of carbonyl (C=O) groups excluding carboxylic acids is 1. The lowest BCUT2D eigenvalue weighted by atomic mass is 10.2. The summed E-state index contributed by atoms with van der Waals surface area (Å²) < 4.78 is 4.92. The predicted octanol–water partition coefficient (Wildman–Crippen LogP) is 0.396. The Morgan fingerprint density at radius 2 is 2.06 bits per heavy atom. The highest BCUT2D eigenvalue weighted by molar-refractivity contribution is 5.91. The Hall–Kier alpha value is -2.08. The number of carbonyl (C=O) groups is 1. The van der Waals surface area contributed by atoms with E-state index < -0.39 is 6.09 Å². The van der Waals surface area contributed by atoms with Gasteiger partial charge in [0.1, 0.15) is 6.61 Å². The van der Waals surface area contributed by atoms with Crippen LogP contribution in [0.1, 0.15) is 5.56 Å². The number of hydrogen-bond donors (Lipinski definition) is 4. The average Bonchev–Trinajstić information content (AvgIpc) is 2.35. The second-order valence-corrected chi connectivity index (χ2v) is 3.28. The van der Waals surface area contributed by atoms with Gasteiger partial charge in [0, 0.05) is 13.1 Å². The van der Waals surface area contributed by atoms with Crippen LogP contribution in [0, 0.1) is 5.41 Å². The first-order chi connectivity index (χ1) is 8.22. The van der Waals surface area contributed by atoms with Gasteiger partial charge >= 0.3 is 6.09 Å². The average molecular weight is 236 g/mol. The van der Waals surface area contributed by atoms with Crippen LogP contribution in [0.4, 0.5) is 4.79 Å². The quantitative estimate of drug-likeness (QED) is 0.449. The topological polar surface area (TPSA) is 100 Å². The van der Waals surface area contributed by atoms with Gasteiger partial charge in [-0.1, -0.05) is 30.3 Å². The Labute approximate surface area is 99.7 Å². The molecule has 6 heteroatoms. The molecule has 0 aromatic heterocycles. The van der Waals surface area contributed by atoms with Gasteiger partial charge in [-0.2, -0.15) is 0 Å². The predicted molar refractivity (Wildman–Crippen MR) is 64.5 cm³/mol. The van der Waals surface area contributed by atoms with Crippen molar-refractivity contribution in [2.45, 2.75) is 6.61 Å². The number of amides is 1. The van der Waals surface area contributed by atoms with E-state index in [2.05, 4.69) is 10.6 Å². The summed E-state index contributed by atoms with van der Waals surface area (Å²) in [6, 6.07) is 9.31. The molecule has 1 amide bonds. The van der Waals surface area contributed by atoms with Crippen molar-refractivity contribution in [1.29, 1.82) is 5.41 Å². The van der Waals surface area contributed by atoms with Crippen LogP contribution < -0.4 is 16.4 Å². The maximum absolute atomic E-state index is 11.2. The summed E-state index contributed by atoms with van der Waals surface area (Å²) in [5.41, 5.74) is 6.13. The molecule has 5 N–H and O–H groups in total. The van der Waals surface area contributed by atoms with E-state index in [1.807, 2.05) is 30.3 Å². The van der Waals surface area contributed by atoms with Gasteiger partial charge in [0.2, 0.25) is 0 Å². The van der Waals surface area contributed by atoms with Gasteiger partial charge < -0.3 is 15.8 Å². The zero-order valence-electron chi connectivity index (χ0n) is 9.40. The summed E-state index contributed by atoms with van der Waals surface area (Å²) in [6.45, 7) is 0.998. The summed E-state index contributed by atoms with van der Waals surface area (Å²) in [5.74, 6) is -0.117. The van der Waals surface area contributed by atoms with Gasteiger partial charge in [0.15, 0.2) is 5.96 Å². The molecule has 0 spiro atoms. The lowest BCUT2D eigenvalue weighted by molar-refractivity contribution is 0.144. The van der Waals surface area contributed by atoms with Crippen molar-refractivity contribution in [2.75, 3.05) is 13.1 Å². The number of alkyl carbamates (subject to hydrolysis) is 1. The highest BCUT2D eigenvalue weighted by atomic mass is 16.5. The summed E-state index contributed by atoms with van der Waals surface area (Å²) >= 11 is 0. The van der Waals surface area contributed by atoms with Crippen LogP contribution in [0.25, 0.3) is 0 Å². The molecule has 0 radical (unpaired) electrons. The molecular weight excluding hydrogens is 220 g/mol. The SMILES string of the molecule is N=C(NCCN)NC(=O)OCc1ccccc1. The summed E-state index contributed by atoms with van der Waals surface area (Å²) in [6.07, 6.45) is -0.664. The first-order valence-corrected chi connectivity index (χ1v) is 5.22. The zero-order valence-corrected chi connectivity index (χ0v) is 9.40. The molecule has 1 rings (SSSR count). The maximum atomic E-state index is 11.2. The van der Waals surface area contributed by atoms with Crippen molar-refractivity contribution >= 4 is 12.1 Å². The van der Waals surface area contributed by atoms with Crippen molar-refractivity contribution in [3.63, 3.8) is 0 Å². The third-order valence-corrected chi connectivity index (χ3v) is 1.89. The van der Waals surface area contributed by atoms with Crippen LogP contribution in [0.3, 0.4) is 0 Å². The third kappa shape index (κ3) is 5.53. The number of guanidine groups is 1. The summed E-state index contributed by atoms with van der Waals surface area (Å²) in [4.78, 5) is 11.2. The van der Waals surface area contributed by atoms with Crippen molar-refractivity contribution < 1.29 is 9.53 Å². The molecule has 0 saturated carbocycles. The number of nitrogens with two attached hydrogens (primary N) is 1. The highest BCUT2D eigenvalue weighted by Crippen LogP contribution is 2.00. The molecule has 6 nitrogen and oxygen atoms in total. The Kier molecular flexibility index (Phi) is 5.53. The Morgan fingerprint density at radius 1 is 1.35 bits per heavy atom. The second kappa shape index (κ2) is 7.24. The molecule has 0 heterocycles. The maximum Gasteiger partial charge on any atom is 0.414 e. The molecule has 92 valence electrons. The summed E-state index contributed by atoms with van der Waals surface area (Å²) in [5, 5.41) is 12.2. The number of ether oxygens (including phenoxy) is 1. The lowest BCUT2D eigenvalue weighted by Crippen LogP contribution is -2.42. The fraction of sp³-hybridized carbons (Fsp3) is 0.273. The van der Waals surface area contributed by atoms with Crippen LogP contribution in [0.2, 0.25) is 0 Å². The molecule has 0 saturated heterocycles. The zero-order chi connectivity index (χ0) is 12.5. The highest BCUT2D eigenvalue weighted by Gasteiger charge is 2.04. The molecule has 0 aliphatic carbocycles. The van der Waals surface area contributed by atoms with Gasteiger partial charge in [-0.05, 0) is 5.56 Å².